The zero-order valence-corrected chi connectivity index (χ0v) is 28.5. The smallest absolute Gasteiger partial charge is 0.104 e. The average Bonchev–Trinajstić information content (AvgIpc) is 3.54. The Kier molecular flexibility index (Phi) is 14.5. The van der Waals surface area contributed by atoms with Crippen LogP contribution in [0.15, 0.2) is 87.1 Å². The maximum absolute atomic E-state index is 5.21. The van der Waals surface area contributed by atoms with E-state index in [9.17, 15) is 0 Å². The molecule has 0 N–H and O–H groups in total. The van der Waals surface area contributed by atoms with Gasteiger partial charge < -0.3 is 8.83 Å². The first-order chi connectivity index (χ1) is 18.3. The van der Waals surface area contributed by atoms with Gasteiger partial charge in [-0.3, -0.25) is 0 Å². The first kappa shape index (κ1) is 35.8. The highest BCUT2D eigenvalue weighted by atomic mass is 32.1. The zero-order valence-electron chi connectivity index (χ0n) is 27.7. The maximum atomic E-state index is 5.21. The molecule has 0 amide bonds. The molecule has 40 heavy (non-hydrogen) atoms. The largest absolute Gasteiger partial charge is 0.472 e. The third-order valence-corrected chi connectivity index (χ3v) is 6.34. The Labute approximate surface area is 251 Å². The number of rotatable bonds is 4. The Balaban J connectivity index is 0.000000267. The quantitative estimate of drug-likeness (QED) is 0.314. The van der Waals surface area contributed by atoms with E-state index in [1.54, 1.807) is 12.5 Å². The molecular weight excluding hydrogens is 508 g/mol. The molecule has 4 rings (SSSR count). The van der Waals surface area contributed by atoms with Crippen molar-refractivity contribution >= 4 is 11.3 Å². The van der Waals surface area contributed by atoms with Crippen molar-refractivity contribution in [2.75, 3.05) is 0 Å². The van der Waals surface area contributed by atoms with Crippen LogP contribution in [0.2, 0.25) is 0 Å². The Morgan fingerprint density at radius 3 is 1.70 bits per heavy atom. The SMILES string of the molecule is CC(C)(C)CC1=CCC=C1.CC(C)(C)Cc1ccco1.CC(C)(C)Cc1cccs1.CC(C)(C)Cc1ccoc1. The lowest BCUT2D eigenvalue weighted by Gasteiger charge is -2.17. The van der Waals surface area contributed by atoms with Gasteiger partial charge in [-0.25, -0.2) is 0 Å². The molecule has 1 aliphatic carbocycles. The van der Waals surface area contributed by atoms with Crippen LogP contribution in [-0.4, -0.2) is 0 Å². The second kappa shape index (κ2) is 16.2. The second-order valence-corrected chi connectivity index (χ2v) is 16.7. The standard InChI is InChI=1S/C10H16.2C9H14O.C9H14S/c1-10(2,3)8-9-6-4-5-7-9;1-9(2,3)6-8-4-5-10-7-8;2*1-9(2,3)7-8-5-4-6-10-8/h4,6-7H,5,8H2,1-3H3;4-5,7H,6H2,1-3H3;2*4-6H,7H2,1-3H3. The fraction of sp³-hybridized carbons (Fsp3) is 0.568. The molecule has 0 aromatic carbocycles. The van der Waals surface area contributed by atoms with Gasteiger partial charge in [0, 0.05) is 11.3 Å². The highest BCUT2D eigenvalue weighted by Crippen LogP contribution is 2.27. The Bertz CT molecular complexity index is 957. The number of furan rings is 2. The van der Waals surface area contributed by atoms with E-state index >= 15 is 0 Å². The zero-order chi connectivity index (χ0) is 30.5. The first-order valence-electron chi connectivity index (χ1n) is 14.7. The van der Waals surface area contributed by atoms with E-state index in [1.807, 2.05) is 35.8 Å². The van der Waals surface area contributed by atoms with E-state index in [1.165, 1.54) is 28.9 Å². The molecule has 2 nitrogen and oxygen atoms in total. The van der Waals surface area contributed by atoms with E-state index in [4.69, 9.17) is 8.83 Å². The molecule has 0 fully saturated rings. The van der Waals surface area contributed by atoms with Crippen molar-refractivity contribution in [3.05, 3.63) is 94.5 Å². The summed E-state index contributed by atoms with van der Waals surface area (Å²) in [6.45, 7) is 26.9. The lowest BCUT2D eigenvalue weighted by Crippen LogP contribution is -2.07. The molecule has 0 atom stereocenters. The molecular formula is C37H58O2S. The predicted octanol–water partition coefficient (Wildman–Crippen LogP) is 12.4. The third-order valence-electron chi connectivity index (χ3n) is 5.47. The van der Waals surface area contributed by atoms with Crippen LogP contribution >= 0.6 is 11.3 Å². The van der Waals surface area contributed by atoms with Crippen molar-refractivity contribution in [3.8, 4) is 0 Å². The minimum atomic E-state index is 0.331. The van der Waals surface area contributed by atoms with E-state index in [0.29, 0.717) is 21.7 Å². The summed E-state index contributed by atoms with van der Waals surface area (Å²) in [4.78, 5) is 1.49. The Morgan fingerprint density at radius 2 is 1.30 bits per heavy atom. The van der Waals surface area contributed by atoms with Crippen LogP contribution in [0.1, 0.15) is 112 Å². The molecule has 1 aliphatic rings. The van der Waals surface area contributed by atoms with E-state index in [0.717, 1.165) is 25.0 Å². The Morgan fingerprint density at radius 1 is 0.675 bits per heavy atom. The monoisotopic (exact) mass is 566 g/mol. The highest BCUT2D eigenvalue weighted by molar-refractivity contribution is 7.09. The molecule has 0 saturated carbocycles. The maximum Gasteiger partial charge on any atom is 0.104 e. The van der Waals surface area contributed by atoms with Crippen LogP contribution in [0.4, 0.5) is 0 Å². The summed E-state index contributed by atoms with van der Waals surface area (Å²) in [7, 11) is 0. The van der Waals surface area contributed by atoms with Crippen molar-refractivity contribution < 1.29 is 8.83 Å². The number of allylic oxidation sites excluding steroid dienone is 4. The minimum absolute atomic E-state index is 0.331. The van der Waals surface area contributed by atoms with Crippen molar-refractivity contribution in [2.45, 2.75) is 115 Å². The van der Waals surface area contributed by atoms with Gasteiger partial charge in [0.05, 0.1) is 18.8 Å². The summed E-state index contributed by atoms with van der Waals surface area (Å²) in [5.41, 5.74) is 4.37. The molecule has 3 heterocycles. The minimum Gasteiger partial charge on any atom is -0.472 e. The molecule has 0 radical (unpaired) electrons. The summed E-state index contributed by atoms with van der Waals surface area (Å²) in [6.07, 6.45) is 17.7. The van der Waals surface area contributed by atoms with Crippen LogP contribution < -0.4 is 0 Å². The number of hydrogen-bond acceptors (Lipinski definition) is 3. The third kappa shape index (κ3) is 20.6. The fourth-order valence-corrected chi connectivity index (χ4v) is 5.13. The topological polar surface area (TPSA) is 26.3 Å². The predicted molar refractivity (Wildman–Crippen MR) is 177 cm³/mol. The first-order valence-corrected chi connectivity index (χ1v) is 15.6. The van der Waals surface area contributed by atoms with Crippen LogP contribution in [0.25, 0.3) is 0 Å². The van der Waals surface area contributed by atoms with Gasteiger partial charge in [-0.1, -0.05) is 113 Å². The van der Waals surface area contributed by atoms with Crippen molar-refractivity contribution in [1.82, 2.24) is 0 Å². The summed E-state index contributed by atoms with van der Waals surface area (Å²) < 4.78 is 10.2. The number of hydrogen-bond donors (Lipinski definition) is 0. The van der Waals surface area contributed by atoms with Crippen molar-refractivity contribution in [1.29, 1.82) is 0 Å². The van der Waals surface area contributed by atoms with Gasteiger partial charge in [-0.05, 0) is 82.6 Å². The van der Waals surface area contributed by atoms with Gasteiger partial charge in [-0.15, -0.1) is 11.3 Å². The molecule has 3 aromatic rings. The van der Waals surface area contributed by atoms with Gasteiger partial charge in [0.15, 0.2) is 0 Å². The molecule has 0 aliphatic heterocycles. The molecule has 3 aromatic heterocycles. The van der Waals surface area contributed by atoms with Crippen molar-refractivity contribution in [3.63, 3.8) is 0 Å². The molecule has 0 unspecified atom stereocenters. The average molecular weight is 567 g/mol. The van der Waals surface area contributed by atoms with Crippen molar-refractivity contribution in [2.24, 2.45) is 21.7 Å². The summed E-state index contributed by atoms with van der Waals surface area (Å²) in [6, 6.07) is 10.3. The van der Waals surface area contributed by atoms with E-state index < -0.39 is 0 Å². The number of thiophene rings is 1. The Hall–Kier alpha value is -2.26. The van der Waals surface area contributed by atoms with Crippen LogP contribution in [0.5, 0.6) is 0 Å². The lowest BCUT2D eigenvalue weighted by atomic mass is 9.88. The fourth-order valence-electron chi connectivity index (χ4n) is 4.13. The molecule has 0 saturated heterocycles. The van der Waals surface area contributed by atoms with Gasteiger partial charge in [-0.2, -0.15) is 0 Å². The van der Waals surface area contributed by atoms with Crippen LogP contribution in [-0.2, 0) is 19.3 Å². The molecule has 0 spiro atoms. The molecule has 224 valence electrons. The van der Waals surface area contributed by atoms with Gasteiger partial charge >= 0.3 is 0 Å². The highest BCUT2D eigenvalue weighted by Gasteiger charge is 2.14. The summed E-state index contributed by atoms with van der Waals surface area (Å²) in [5, 5.41) is 2.14. The van der Waals surface area contributed by atoms with Gasteiger partial charge in [0.25, 0.3) is 0 Å². The van der Waals surface area contributed by atoms with Crippen LogP contribution in [0.3, 0.4) is 0 Å². The van der Waals surface area contributed by atoms with Gasteiger partial charge in [0.1, 0.15) is 5.76 Å². The van der Waals surface area contributed by atoms with E-state index in [-0.39, 0.29) is 0 Å². The lowest BCUT2D eigenvalue weighted by molar-refractivity contribution is 0.363. The normalized spacial score (nSPS) is 13.3. The molecule has 3 heteroatoms. The van der Waals surface area contributed by atoms with Crippen LogP contribution in [0, 0.1) is 21.7 Å². The second-order valence-electron chi connectivity index (χ2n) is 15.7. The van der Waals surface area contributed by atoms with E-state index in [2.05, 4.69) is 119 Å². The summed E-state index contributed by atoms with van der Waals surface area (Å²) in [5.74, 6) is 1.08. The van der Waals surface area contributed by atoms with Gasteiger partial charge in [0.2, 0.25) is 0 Å². The summed E-state index contributed by atoms with van der Waals surface area (Å²) >= 11 is 1.85. The molecule has 0 bridgehead atoms.